The van der Waals surface area contributed by atoms with Crippen molar-refractivity contribution in [3.05, 3.63) is 46.5 Å². The second kappa shape index (κ2) is 10.8. The third-order valence-electron chi connectivity index (χ3n) is 9.49. The molecule has 2 heterocycles. The fraction of sp³-hybridized carbons (Fsp3) is 0.581. The van der Waals surface area contributed by atoms with Crippen molar-refractivity contribution in [2.45, 2.75) is 50.6 Å². The quantitative estimate of drug-likeness (QED) is 0.491. The van der Waals surface area contributed by atoms with Crippen LogP contribution in [0.25, 0.3) is 0 Å². The van der Waals surface area contributed by atoms with Crippen LogP contribution in [0.15, 0.2) is 24.3 Å². The molecule has 1 unspecified atom stereocenters. The molecule has 7 nitrogen and oxygen atoms in total. The van der Waals surface area contributed by atoms with Crippen LogP contribution in [0.3, 0.4) is 0 Å². The van der Waals surface area contributed by atoms with Gasteiger partial charge in [0.1, 0.15) is 6.29 Å². The molecular weight excluding hydrogens is 480 g/mol. The van der Waals surface area contributed by atoms with Crippen molar-refractivity contribution >= 4 is 6.29 Å². The second-order valence-electron chi connectivity index (χ2n) is 11.0. The van der Waals surface area contributed by atoms with Crippen LogP contribution in [0.2, 0.25) is 0 Å². The van der Waals surface area contributed by atoms with Gasteiger partial charge >= 0.3 is 0 Å². The minimum atomic E-state index is -0.220. The first-order valence-corrected chi connectivity index (χ1v) is 13.9. The number of rotatable bonds is 7. The van der Waals surface area contributed by atoms with E-state index in [2.05, 4.69) is 48.0 Å². The summed E-state index contributed by atoms with van der Waals surface area (Å²) >= 11 is 0. The smallest absolute Gasteiger partial charge is 0.161 e. The molecule has 3 aliphatic rings. The number of methoxy groups -OCH3 is 4. The molecule has 0 bridgehead atoms. The highest BCUT2D eigenvalue weighted by Gasteiger charge is 2.55. The number of likely N-dealkylation sites (N-methyl/N-ethyl adjacent to an activating group) is 2. The Morgan fingerprint density at radius 1 is 0.895 bits per heavy atom. The Kier molecular flexibility index (Phi) is 7.60. The number of aldehydes is 1. The number of carbonyl (C=O) groups excluding carboxylic acids is 1. The van der Waals surface area contributed by atoms with Gasteiger partial charge in [-0.15, -0.1) is 0 Å². The Bertz CT molecular complexity index is 1180. The summed E-state index contributed by atoms with van der Waals surface area (Å²) < 4.78 is 23.0. The maximum Gasteiger partial charge on any atom is 0.161 e. The van der Waals surface area contributed by atoms with Crippen molar-refractivity contribution in [2.75, 3.05) is 55.1 Å². The Hall–Kier alpha value is -2.77. The molecule has 0 amide bonds. The first kappa shape index (κ1) is 26.8. The van der Waals surface area contributed by atoms with Gasteiger partial charge in [-0.3, -0.25) is 9.80 Å². The highest BCUT2D eigenvalue weighted by molar-refractivity contribution is 5.57. The summed E-state index contributed by atoms with van der Waals surface area (Å²) in [6, 6.07) is 8.87. The van der Waals surface area contributed by atoms with Gasteiger partial charge < -0.3 is 23.7 Å². The Balaban J connectivity index is 1.74. The summed E-state index contributed by atoms with van der Waals surface area (Å²) in [5.41, 5.74) is 5.03. The van der Waals surface area contributed by atoms with Gasteiger partial charge in [0, 0.05) is 31.0 Å². The van der Waals surface area contributed by atoms with E-state index in [0.29, 0.717) is 0 Å². The SMILES string of the molecule is CCN1CCc2cc(OC)c(OC)cc2[C@]12CC[C@@H](C=O)C[C@H]2C1c2cc(OC)c(OC)cc2CCN1C. The molecular formula is C31H42N2O5. The number of ether oxygens (including phenoxy) is 4. The zero-order valence-corrected chi connectivity index (χ0v) is 23.7. The maximum atomic E-state index is 12.3. The lowest BCUT2D eigenvalue weighted by molar-refractivity contribution is -0.117. The van der Waals surface area contributed by atoms with Crippen molar-refractivity contribution in [3.8, 4) is 23.0 Å². The van der Waals surface area contributed by atoms with E-state index in [1.54, 1.807) is 28.4 Å². The van der Waals surface area contributed by atoms with Crippen LogP contribution in [0.1, 0.15) is 54.5 Å². The predicted octanol–water partition coefficient (Wildman–Crippen LogP) is 4.64. The Morgan fingerprint density at radius 3 is 2.13 bits per heavy atom. The fourth-order valence-corrected chi connectivity index (χ4v) is 7.69. The van der Waals surface area contributed by atoms with E-state index in [-0.39, 0.29) is 23.4 Å². The lowest BCUT2D eigenvalue weighted by Crippen LogP contribution is -2.60. The summed E-state index contributed by atoms with van der Waals surface area (Å²) in [5, 5.41) is 0. The minimum absolute atomic E-state index is 0.0498. The van der Waals surface area contributed by atoms with Gasteiger partial charge in [0.05, 0.1) is 34.0 Å². The number of fused-ring (bicyclic) bond motifs is 3. The lowest BCUT2D eigenvalue weighted by Gasteiger charge is -2.59. The summed E-state index contributed by atoms with van der Waals surface area (Å²) in [6.07, 6.45) is 5.78. The molecule has 4 atom stereocenters. The van der Waals surface area contributed by atoms with Crippen molar-refractivity contribution in [3.63, 3.8) is 0 Å². The average molecular weight is 523 g/mol. The molecule has 7 heteroatoms. The van der Waals surface area contributed by atoms with Gasteiger partial charge in [-0.25, -0.2) is 0 Å². The molecule has 0 radical (unpaired) electrons. The number of nitrogens with zero attached hydrogens (tertiary/aromatic N) is 2. The van der Waals surface area contributed by atoms with Crippen molar-refractivity contribution in [2.24, 2.45) is 11.8 Å². The Labute approximate surface area is 227 Å². The standard InChI is InChI=1S/C31H42N2O5/c1-7-33-13-10-22-16-27(36-4)29(38-6)18-24(22)31(33)11-8-20(19-34)14-25(31)30-23-17-28(37-5)26(35-3)15-21(23)9-12-32(30)2/h15-20,25,30H,7-14H2,1-6H3/t20-,25+,30?,31+/m1/s1. The molecule has 0 N–H and O–H groups in total. The van der Waals surface area contributed by atoms with E-state index in [4.69, 9.17) is 18.9 Å². The van der Waals surface area contributed by atoms with Gasteiger partial charge in [0.15, 0.2) is 23.0 Å². The zero-order valence-electron chi connectivity index (χ0n) is 23.7. The molecule has 1 fully saturated rings. The molecule has 2 aromatic rings. The molecule has 0 saturated heterocycles. The third-order valence-corrected chi connectivity index (χ3v) is 9.49. The van der Waals surface area contributed by atoms with E-state index < -0.39 is 0 Å². The third kappa shape index (κ3) is 4.15. The molecule has 2 aromatic carbocycles. The summed E-state index contributed by atoms with van der Waals surface area (Å²) in [4.78, 5) is 17.4. The first-order chi connectivity index (χ1) is 18.4. The van der Waals surface area contributed by atoms with Crippen LogP contribution in [-0.4, -0.2) is 71.2 Å². The largest absolute Gasteiger partial charge is 0.493 e. The summed E-state index contributed by atoms with van der Waals surface area (Å²) in [7, 11) is 9.04. The maximum absolute atomic E-state index is 12.3. The van der Waals surface area contributed by atoms with Crippen molar-refractivity contribution in [1.82, 2.24) is 9.80 Å². The number of benzene rings is 2. The van der Waals surface area contributed by atoms with Crippen LogP contribution in [0.5, 0.6) is 23.0 Å². The van der Waals surface area contributed by atoms with E-state index in [0.717, 1.165) is 74.7 Å². The van der Waals surface area contributed by atoms with E-state index in [9.17, 15) is 4.79 Å². The van der Waals surface area contributed by atoms with Crippen LogP contribution < -0.4 is 18.9 Å². The van der Waals surface area contributed by atoms with Crippen LogP contribution in [-0.2, 0) is 23.2 Å². The van der Waals surface area contributed by atoms with Gasteiger partial charge in [0.2, 0.25) is 0 Å². The van der Waals surface area contributed by atoms with Gasteiger partial charge in [-0.1, -0.05) is 6.92 Å². The molecule has 1 aliphatic carbocycles. The van der Waals surface area contributed by atoms with Crippen LogP contribution >= 0.6 is 0 Å². The van der Waals surface area contributed by atoms with E-state index in [1.807, 2.05) is 0 Å². The van der Waals surface area contributed by atoms with Gasteiger partial charge in [0.25, 0.3) is 0 Å². The average Bonchev–Trinajstić information content (AvgIpc) is 2.96. The molecule has 5 rings (SSSR count). The van der Waals surface area contributed by atoms with Gasteiger partial charge in [-0.05, 0) is 92.2 Å². The molecule has 1 saturated carbocycles. The molecule has 206 valence electrons. The lowest BCUT2D eigenvalue weighted by atomic mass is 9.58. The first-order valence-electron chi connectivity index (χ1n) is 13.9. The monoisotopic (exact) mass is 522 g/mol. The highest BCUT2D eigenvalue weighted by Crippen LogP contribution is 2.58. The minimum Gasteiger partial charge on any atom is -0.493 e. The van der Waals surface area contributed by atoms with Crippen LogP contribution in [0, 0.1) is 11.8 Å². The second-order valence-corrected chi connectivity index (χ2v) is 11.0. The molecule has 38 heavy (non-hydrogen) atoms. The summed E-state index contributed by atoms with van der Waals surface area (Å²) in [5.74, 6) is 3.32. The van der Waals surface area contributed by atoms with Crippen molar-refractivity contribution < 1.29 is 23.7 Å². The summed E-state index contributed by atoms with van der Waals surface area (Å²) in [6.45, 7) is 5.15. The molecule has 2 aliphatic heterocycles. The number of hydrogen-bond acceptors (Lipinski definition) is 7. The normalized spacial score (nSPS) is 27.4. The van der Waals surface area contributed by atoms with Crippen LogP contribution in [0.4, 0.5) is 0 Å². The zero-order chi connectivity index (χ0) is 27.0. The van der Waals surface area contributed by atoms with Crippen molar-refractivity contribution in [1.29, 1.82) is 0 Å². The number of hydrogen-bond donors (Lipinski definition) is 0. The number of carbonyl (C=O) groups is 1. The molecule has 0 aromatic heterocycles. The van der Waals surface area contributed by atoms with Gasteiger partial charge in [-0.2, -0.15) is 0 Å². The Morgan fingerprint density at radius 2 is 1.50 bits per heavy atom. The van der Waals surface area contributed by atoms with E-state index >= 15 is 0 Å². The van der Waals surface area contributed by atoms with E-state index in [1.165, 1.54) is 28.5 Å². The highest BCUT2D eigenvalue weighted by atomic mass is 16.5. The molecule has 1 spiro atoms. The predicted molar refractivity (Wildman–Crippen MR) is 148 cm³/mol. The topological polar surface area (TPSA) is 60.5 Å². The fourth-order valence-electron chi connectivity index (χ4n) is 7.69.